The lowest BCUT2D eigenvalue weighted by Gasteiger charge is -2.35. The highest BCUT2D eigenvalue weighted by Crippen LogP contribution is 2.39. The van der Waals surface area contributed by atoms with E-state index >= 15 is 0 Å². The standard InChI is InChI=1S/C13H22N2/c1-12-6-7-13(10-12,11-14)15-8-4-2-3-5-9-15/h12H,2-10H2,1H3. The highest BCUT2D eigenvalue weighted by Gasteiger charge is 2.42. The molecule has 1 aliphatic carbocycles. The zero-order chi connectivity index (χ0) is 10.7. The Balaban J connectivity index is 2.08. The quantitative estimate of drug-likeness (QED) is 0.659. The molecule has 1 heterocycles. The number of nitrogens with zero attached hydrogens (tertiary/aromatic N) is 2. The molecule has 84 valence electrons. The van der Waals surface area contributed by atoms with E-state index in [2.05, 4.69) is 17.9 Å². The van der Waals surface area contributed by atoms with Crippen molar-refractivity contribution in [3.63, 3.8) is 0 Å². The van der Waals surface area contributed by atoms with Crippen LogP contribution in [0.3, 0.4) is 0 Å². The molecule has 1 saturated carbocycles. The Morgan fingerprint density at radius 1 is 1.20 bits per heavy atom. The van der Waals surface area contributed by atoms with Crippen molar-refractivity contribution in [2.45, 2.75) is 57.4 Å². The molecule has 15 heavy (non-hydrogen) atoms. The van der Waals surface area contributed by atoms with Gasteiger partial charge in [-0.1, -0.05) is 19.8 Å². The van der Waals surface area contributed by atoms with Gasteiger partial charge in [-0.15, -0.1) is 0 Å². The van der Waals surface area contributed by atoms with E-state index in [1.165, 1.54) is 32.1 Å². The first-order valence-electron chi connectivity index (χ1n) is 6.43. The Hall–Kier alpha value is -0.550. The molecule has 2 heteroatoms. The summed E-state index contributed by atoms with van der Waals surface area (Å²) in [6.45, 7) is 4.59. The van der Waals surface area contributed by atoms with Gasteiger partial charge in [0.05, 0.1) is 6.07 Å². The molecule has 0 N–H and O–H groups in total. The summed E-state index contributed by atoms with van der Waals surface area (Å²) >= 11 is 0. The van der Waals surface area contributed by atoms with E-state index < -0.39 is 0 Å². The van der Waals surface area contributed by atoms with Crippen LogP contribution >= 0.6 is 0 Å². The van der Waals surface area contributed by atoms with E-state index in [-0.39, 0.29) is 5.54 Å². The number of rotatable bonds is 1. The van der Waals surface area contributed by atoms with Crippen molar-refractivity contribution in [2.24, 2.45) is 5.92 Å². The molecule has 0 amide bonds. The van der Waals surface area contributed by atoms with Gasteiger partial charge in [-0.25, -0.2) is 0 Å². The molecule has 1 aliphatic heterocycles. The van der Waals surface area contributed by atoms with Gasteiger partial charge in [0.15, 0.2) is 0 Å². The molecule has 0 aromatic heterocycles. The van der Waals surface area contributed by atoms with Crippen molar-refractivity contribution in [1.82, 2.24) is 4.90 Å². The van der Waals surface area contributed by atoms with Crippen molar-refractivity contribution in [2.75, 3.05) is 13.1 Å². The fourth-order valence-electron chi connectivity index (χ4n) is 3.22. The van der Waals surface area contributed by atoms with E-state index in [0.717, 1.165) is 31.8 Å². The average Bonchev–Trinajstić information content (AvgIpc) is 2.49. The third-order valence-electron chi connectivity index (χ3n) is 4.16. The summed E-state index contributed by atoms with van der Waals surface area (Å²) in [7, 11) is 0. The summed E-state index contributed by atoms with van der Waals surface area (Å²) in [5.74, 6) is 0.743. The van der Waals surface area contributed by atoms with E-state index in [1.807, 2.05) is 0 Å². The lowest BCUT2D eigenvalue weighted by molar-refractivity contribution is 0.143. The van der Waals surface area contributed by atoms with Gasteiger partial charge in [-0.05, 0) is 51.1 Å². The van der Waals surface area contributed by atoms with E-state index in [9.17, 15) is 5.26 Å². The minimum Gasteiger partial charge on any atom is -0.286 e. The largest absolute Gasteiger partial charge is 0.286 e. The fraction of sp³-hybridized carbons (Fsp3) is 0.923. The van der Waals surface area contributed by atoms with Crippen LogP contribution in [0.15, 0.2) is 0 Å². The summed E-state index contributed by atoms with van der Waals surface area (Å²) in [5, 5.41) is 9.49. The van der Waals surface area contributed by atoms with Gasteiger partial charge in [0.25, 0.3) is 0 Å². The van der Waals surface area contributed by atoms with E-state index in [4.69, 9.17) is 0 Å². The molecule has 2 fully saturated rings. The predicted octanol–water partition coefficient (Wildman–Crippen LogP) is 2.94. The lowest BCUT2D eigenvalue weighted by Crippen LogP contribution is -2.46. The topological polar surface area (TPSA) is 27.0 Å². The van der Waals surface area contributed by atoms with Gasteiger partial charge < -0.3 is 0 Å². The second-order valence-electron chi connectivity index (χ2n) is 5.39. The van der Waals surface area contributed by atoms with Crippen LogP contribution in [-0.2, 0) is 0 Å². The highest BCUT2D eigenvalue weighted by molar-refractivity contribution is 5.12. The normalized spacial score (nSPS) is 38.5. The van der Waals surface area contributed by atoms with Gasteiger partial charge >= 0.3 is 0 Å². The van der Waals surface area contributed by atoms with Gasteiger partial charge in [0, 0.05) is 0 Å². The average molecular weight is 206 g/mol. The SMILES string of the molecule is CC1CCC(C#N)(N2CCCCCC2)C1. The summed E-state index contributed by atoms with van der Waals surface area (Å²) < 4.78 is 0. The monoisotopic (exact) mass is 206 g/mol. The first-order chi connectivity index (χ1) is 7.27. The molecule has 2 nitrogen and oxygen atoms in total. The van der Waals surface area contributed by atoms with Crippen LogP contribution in [0.2, 0.25) is 0 Å². The maximum Gasteiger partial charge on any atom is 0.109 e. The van der Waals surface area contributed by atoms with Crippen LogP contribution < -0.4 is 0 Å². The molecule has 0 spiro atoms. The van der Waals surface area contributed by atoms with E-state index in [0.29, 0.717) is 0 Å². The molecule has 2 unspecified atom stereocenters. The summed E-state index contributed by atoms with van der Waals surface area (Å²) in [6.07, 6.45) is 8.73. The van der Waals surface area contributed by atoms with Gasteiger partial charge in [0.2, 0.25) is 0 Å². The van der Waals surface area contributed by atoms with E-state index in [1.54, 1.807) is 0 Å². The molecule has 0 radical (unpaired) electrons. The van der Waals surface area contributed by atoms with Gasteiger partial charge in [-0.3, -0.25) is 4.90 Å². The first kappa shape index (κ1) is 11.0. The number of hydrogen-bond donors (Lipinski definition) is 0. The molecule has 0 aromatic carbocycles. The lowest BCUT2D eigenvalue weighted by atomic mass is 9.95. The third-order valence-corrected chi connectivity index (χ3v) is 4.16. The molecule has 2 atom stereocenters. The number of nitriles is 1. The first-order valence-corrected chi connectivity index (χ1v) is 6.43. The Bertz CT molecular complexity index is 248. The zero-order valence-corrected chi connectivity index (χ0v) is 9.84. The molecule has 2 aliphatic rings. The second-order valence-corrected chi connectivity index (χ2v) is 5.39. The number of likely N-dealkylation sites (tertiary alicyclic amines) is 1. The maximum atomic E-state index is 9.49. The van der Waals surface area contributed by atoms with Crippen LogP contribution in [0, 0.1) is 17.2 Å². The third kappa shape index (κ3) is 2.18. The molecular formula is C13H22N2. The van der Waals surface area contributed by atoms with Gasteiger partial charge in [0.1, 0.15) is 5.54 Å². The van der Waals surface area contributed by atoms with Crippen LogP contribution in [0.25, 0.3) is 0 Å². The highest BCUT2D eigenvalue weighted by atomic mass is 15.2. The van der Waals surface area contributed by atoms with Crippen LogP contribution in [0.5, 0.6) is 0 Å². The number of hydrogen-bond acceptors (Lipinski definition) is 2. The second kappa shape index (κ2) is 4.53. The maximum absolute atomic E-state index is 9.49. The summed E-state index contributed by atoms with van der Waals surface area (Å²) in [5.41, 5.74) is -0.0935. The minimum atomic E-state index is -0.0935. The molecule has 1 saturated heterocycles. The van der Waals surface area contributed by atoms with Crippen molar-refractivity contribution < 1.29 is 0 Å². The Morgan fingerprint density at radius 2 is 1.87 bits per heavy atom. The predicted molar refractivity (Wildman–Crippen MR) is 61.4 cm³/mol. The van der Waals surface area contributed by atoms with Gasteiger partial charge in [-0.2, -0.15) is 5.26 Å². The summed E-state index contributed by atoms with van der Waals surface area (Å²) in [6, 6.07) is 2.63. The smallest absolute Gasteiger partial charge is 0.109 e. The van der Waals surface area contributed by atoms with Crippen molar-refractivity contribution in [3.8, 4) is 6.07 Å². The Labute approximate surface area is 93.3 Å². The molecular weight excluding hydrogens is 184 g/mol. The van der Waals surface area contributed by atoms with Crippen molar-refractivity contribution in [3.05, 3.63) is 0 Å². The summed E-state index contributed by atoms with van der Waals surface area (Å²) in [4.78, 5) is 2.49. The molecule has 2 rings (SSSR count). The van der Waals surface area contributed by atoms with Crippen LogP contribution in [0.4, 0.5) is 0 Å². The Kier molecular flexibility index (Phi) is 3.31. The zero-order valence-electron chi connectivity index (χ0n) is 9.84. The van der Waals surface area contributed by atoms with Crippen LogP contribution in [0.1, 0.15) is 51.9 Å². The van der Waals surface area contributed by atoms with Crippen LogP contribution in [-0.4, -0.2) is 23.5 Å². The fourth-order valence-corrected chi connectivity index (χ4v) is 3.22. The Morgan fingerprint density at radius 3 is 2.33 bits per heavy atom. The minimum absolute atomic E-state index is 0.0935. The van der Waals surface area contributed by atoms with Crippen molar-refractivity contribution >= 4 is 0 Å². The van der Waals surface area contributed by atoms with Crippen molar-refractivity contribution in [1.29, 1.82) is 5.26 Å². The molecule has 0 aromatic rings. The molecule has 0 bridgehead atoms.